The summed E-state index contributed by atoms with van der Waals surface area (Å²) in [5.41, 5.74) is 0.797. The summed E-state index contributed by atoms with van der Waals surface area (Å²) in [6, 6.07) is 5.69. The topological polar surface area (TPSA) is 51.0 Å². The van der Waals surface area contributed by atoms with Crippen molar-refractivity contribution in [1.29, 1.82) is 0 Å². The standard InChI is InChI=1S/C13H15Cl2N3O/c1-8(16-2)3-6-12-17-13(18-19-12)9-4-5-10(14)11(15)7-9/h4-5,7-8,16H,3,6H2,1-2H3. The molecule has 2 aromatic rings. The van der Waals surface area contributed by atoms with Crippen LogP contribution in [-0.4, -0.2) is 23.2 Å². The molecular formula is C13H15Cl2N3O. The number of aromatic nitrogens is 2. The normalized spacial score (nSPS) is 12.6. The number of nitrogens with one attached hydrogen (secondary N) is 1. The number of benzene rings is 1. The van der Waals surface area contributed by atoms with Gasteiger partial charge in [0.25, 0.3) is 0 Å². The largest absolute Gasteiger partial charge is 0.339 e. The summed E-state index contributed by atoms with van der Waals surface area (Å²) in [6.07, 6.45) is 1.69. The quantitative estimate of drug-likeness (QED) is 0.917. The SMILES string of the molecule is CNC(C)CCc1nc(-c2ccc(Cl)c(Cl)c2)no1. The Morgan fingerprint density at radius 2 is 2.11 bits per heavy atom. The highest BCUT2D eigenvalue weighted by atomic mass is 35.5. The van der Waals surface area contributed by atoms with Crippen LogP contribution in [0.1, 0.15) is 19.2 Å². The van der Waals surface area contributed by atoms with Crippen LogP contribution in [0.25, 0.3) is 11.4 Å². The third-order valence-corrected chi connectivity index (χ3v) is 3.67. The second-order valence-electron chi connectivity index (χ2n) is 4.37. The van der Waals surface area contributed by atoms with Crippen molar-refractivity contribution in [3.8, 4) is 11.4 Å². The molecule has 1 heterocycles. The lowest BCUT2D eigenvalue weighted by Gasteiger charge is -2.06. The van der Waals surface area contributed by atoms with Gasteiger partial charge in [0.15, 0.2) is 0 Å². The first-order valence-corrected chi connectivity index (χ1v) is 6.81. The van der Waals surface area contributed by atoms with Crippen LogP contribution < -0.4 is 5.32 Å². The molecule has 0 aliphatic carbocycles. The Bertz CT molecular complexity index is 557. The molecule has 0 aliphatic heterocycles. The van der Waals surface area contributed by atoms with E-state index in [0.717, 1.165) is 18.4 Å². The molecule has 0 bridgehead atoms. The summed E-state index contributed by atoms with van der Waals surface area (Å²) in [4.78, 5) is 4.35. The molecule has 1 N–H and O–H groups in total. The van der Waals surface area contributed by atoms with Crippen LogP contribution >= 0.6 is 23.2 Å². The summed E-state index contributed by atoms with van der Waals surface area (Å²) in [5.74, 6) is 1.16. The molecule has 19 heavy (non-hydrogen) atoms. The van der Waals surface area contributed by atoms with Crippen LogP contribution in [0, 0.1) is 0 Å². The van der Waals surface area contributed by atoms with Gasteiger partial charge in [0.1, 0.15) is 0 Å². The minimum Gasteiger partial charge on any atom is -0.339 e. The first-order chi connectivity index (χ1) is 9.10. The number of nitrogens with zero attached hydrogens (tertiary/aromatic N) is 2. The molecule has 102 valence electrons. The lowest BCUT2D eigenvalue weighted by atomic mass is 10.2. The van der Waals surface area contributed by atoms with Crippen molar-refractivity contribution in [3.05, 3.63) is 34.1 Å². The summed E-state index contributed by atoms with van der Waals surface area (Å²) >= 11 is 11.8. The first-order valence-electron chi connectivity index (χ1n) is 6.05. The minimum absolute atomic E-state index is 0.417. The van der Waals surface area contributed by atoms with E-state index in [1.54, 1.807) is 12.1 Å². The zero-order valence-electron chi connectivity index (χ0n) is 10.8. The van der Waals surface area contributed by atoms with Crippen molar-refractivity contribution in [2.45, 2.75) is 25.8 Å². The maximum atomic E-state index is 5.97. The Kier molecular flexibility index (Phi) is 4.80. The Morgan fingerprint density at radius 3 is 2.79 bits per heavy atom. The van der Waals surface area contributed by atoms with Crippen molar-refractivity contribution in [3.63, 3.8) is 0 Å². The average Bonchev–Trinajstić information content (AvgIpc) is 2.88. The molecule has 1 unspecified atom stereocenters. The van der Waals surface area contributed by atoms with Crippen LogP contribution in [0.4, 0.5) is 0 Å². The van der Waals surface area contributed by atoms with E-state index in [0.29, 0.717) is 27.8 Å². The molecule has 6 heteroatoms. The van der Waals surface area contributed by atoms with Crippen LogP contribution in [0.3, 0.4) is 0 Å². The maximum absolute atomic E-state index is 5.97. The van der Waals surface area contributed by atoms with Gasteiger partial charge in [-0.25, -0.2) is 0 Å². The number of aryl methyl sites for hydroxylation is 1. The summed E-state index contributed by atoms with van der Waals surface area (Å²) < 4.78 is 5.22. The van der Waals surface area contributed by atoms with Gasteiger partial charge in [-0.2, -0.15) is 4.98 Å². The number of halogens is 2. The predicted octanol–water partition coefficient (Wildman–Crippen LogP) is 3.58. The Balaban J connectivity index is 2.09. The molecular weight excluding hydrogens is 285 g/mol. The molecule has 0 amide bonds. The van der Waals surface area contributed by atoms with Crippen LogP contribution in [0.5, 0.6) is 0 Å². The molecule has 1 aromatic carbocycles. The van der Waals surface area contributed by atoms with E-state index >= 15 is 0 Å². The Morgan fingerprint density at radius 1 is 1.32 bits per heavy atom. The summed E-state index contributed by atoms with van der Waals surface area (Å²) in [7, 11) is 1.93. The molecule has 0 radical (unpaired) electrons. The molecule has 2 rings (SSSR count). The predicted molar refractivity (Wildman–Crippen MR) is 76.6 cm³/mol. The highest BCUT2D eigenvalue weighted by molar-refractivity contribution is 6.42. The fraction of sp³-hybridized carbons (Fsp3) is 0.385. The van der Waals surface area contributed by atoms with E-state index in [1.165, 1.54) is 0 Å². The first kappa shape index (κ1) is 14.3. The van der Waals surface area contributed by atoms with Crippen molar-refractivity contribution in [2.24, 2.45) is 0 Å². The van der Waals surface area contributed by atoms with E-state index < -0.39 is 0 Å². The third-order valence-electron chi connectivity index (χ3n) is 2.93. The van der Waals surface area contributed by atoms with Crippen LogP contribution in [-0.2, 0) is 6.42 Å². The van der Waals surface area contributed by atoms with E-state index in [9.17, 15) is 0 Å². The number of hydrogen-bond acceptors (Lipinski definition) is 4. The molecule has 0 fully saturated rings. The van der Waals surface area contributed by atoms with Gasteiger partial charge in [-0.3, -0.25) is 0 Å². The highest BCUT2D eigenvalue weighted by Crippen LogP contribution is 2.27. The Labute approximate surface area is 122 Å². The lowest BCUT2D eigenvalue weighted by molar-refractivity contribution is 0.369. The molecule has 1 aromatic heterocycles. The van der Waals surface area contributed by atoms with Gasteiger partial charge in [0, 0.05) is 18.0 Å². The average molecular weight is 300 g/mol. The Hall–Kier alpha value is -1.10. The molecule has 0 aliphatic rings. The fourth-order valence-electron chi connectivity index (χ4n) is 1.59. The molecule has 0 spiro atoms. The summed E-state index contributed by atoms with van der Waals surface area (Å²) in [6.45, 7) is 2.11. The van der Waals surface area contributed by atoms with Gasteiger partial charge in [0.05, 0.1) is 10.0 Å². The highest BCUT2D eigenvalue weighted by Gasteiger charge is 2.11. The zero-order chi connectivity index (χ0) is 13.8. The van der Waals surface area contributed by atoms with Crippen molar-refractivity contribution < 1.29 is 4.52 Å². The van der Waals surface area contributed by atoms with Gasteiger partial charge in [-0.15, -0.1) is 0 Å². The van der Waals surface area contributed by atoms with Crippen LogP contribution in [0.2, 0.25) is 10.0 Å². The molecule has 0 saturated heterocycles. The third kappa shape index (κ3) is 3.69. The summed E-state index contributed by atoms with van der Waals surface area (Å²) in [5, 5.41) is 8.11. The monoisotopic (exact) mass is 299 g/mol. The zero-order valence-corrected chi connectivity index (χ0v) is 12.3. The fourth-order valence-corrected chi connectivity index (χ4v) is 1.89. The van der Waals surface area contributed by atoms with Crippen LogP contribution in [0.15, 0.2) is 22.7 Å². The second kappa shape index (κ2) is 6.37. The molecule has 1 atom stereocenters. The van der Waals surface area contributed by atoms with E-state index in [1.807, 2.05) is 13.1 Å². The van der Waals surface area contributed by atoms with Gasteiger partial charge >= 0.3 is 0 Å². The van der Waals surface area contributed by atoms with Gasteiger partial charge in [-0.05, 0) is 38.6 Å². The van der Waals surface area contributed by atoms with Gasteiger partial charge < -0.3 is 9.84 Å². The van der Waals surface area contributed by atoms with Crippen molar-refractivity contribution in [2.75, 3.05) is 7.05 Å². The van der Waals surface area contributed by atoms with Crippen molar-refractivity contribution in [1.82, 2.24) is 15.5 Å². The smallest absolute Gasteiger partial charge is 0.227 e. The lowest BCUT2D eigenvalue weighted by Crippen LogP contribution is -2.21. The van der Waals surface area contributed by atoms with Gasteiger partial charge in [-0.1, -0.05) is 28.4 Å². The molecule has 0 saturated carbocycles. The maximum Gasteiger partial charge on any atom is 0.227 e. The van der Waals surface area contributed by atoms with E-state index in [2.05, 4.69) is 22.4 Å². The number of rotatable bonds is 5. The second-order valence-corrected chi connectivity index (χ2v) is 5.18. The van der Waals surface area contributed by atoms with E-state index in [4.69, 9.17) is 27.7 Å². The van der Waals surface area contributed by atoms with Crippen molar-refractivity contribution >= 4 is 23.2 Å². The van der Waals surface area contributed by atoms with E-state index in [-0.39, 0.29) is 0 Å². The molecule has 4 nitrogen and oxygen atoms in total. The van der Waals surface area contributed by atoms with Gasteiger partial charge in [0.2, 0.25) is 11.7 Å². The number of hydrogen-bond donors (Lipinski definition) is 1. The minimum atomic E-state index is 0.417.